The van der Waals surface area contributed by atoms with Crippen LogP contribution in [0.3, 0.4) is 0 Å². The molecule has 1 aliphatic rings. The maximum absolute atomic E-state index is 12.7. The molecule has 0 saturated carbocycles. The molecule has 31 heavy (non-hydrogen) atoms. The van der Waals surface area contributed by atoms with Crippen molar-refractivity contribution >= 4 is 5.78 Å². The van der Waals surface area contributed by atoms with Gasteiger partial charge in [-0.1, -0.05) is 25.5 Å². The molecule has 178 valence electrons. The highest BCUT2D eigenvalue weighted by atomic mass is 16.7. The van der Waals surface area contributed by atoms with E-state index in [1.807, 2.05) is 13.8 Å². The summed E-state index contributed by atoms with van der Waals surface area (Å²) in [6.07, 6.45) is 0.725. The van der Waals surface area contributed by atoms with Gasteiger partial charge in [-0.15, -0.1) is 0 Å². The van der Waals surface area contributed by atoms with Crippen molar-refractivity contribution in [3.63, 3.8) is 0 Å². The Balaban J connectivity index is 3.48. The van der Waals surface area contributed by atoms with Crippen molar-refractivity contribution in [3.8, 4) is 0 Å². The molecule has 5 unspecified atom stereocenters. The second-order valence-electron chi connectivity index (χ2n) is 9.50. The van der Waals surface area contributed by atoms with Crippen molar-refractivity contribution in [1.29, 1.82) is 0 Å². The van der Waals surface area contributed by atoms with Crippen LogP contribution in [-0.2, 0) is 14.3 Å². The molecule has 1 fully saturated rings. The van der Waals surface area contributed by atoms with E-state index in [0.29, 0.717) is 11.1 Å². The van der Waals surface area contributed by atoms with Crippen LogP contribution in [0.15, 0.2) is 34.6 Å². The highest BCUT2D eigenvalue weighted by Crippen LogP contribution is 2.33. The molecule has 1 rings (SSSR count). The zero-order valence-electron chi connectivity index (χ0n) is 20.2. The molecule has 5 atom stereocenters. The zero-order chi connectivity index (χ0) is 24.1. The molecule has 0 aromatic carbocycles. The van der Waals surface area contributed by atoms with Crippen molar-refractivity contribution < 1.29 is 29.6 Å². The first kappa shape index (κ1) is 27.5. The Kier molecular flexibility index (Phi) is 10.1. The highest BCUT2D eigenvalue weighted by Gasteiger charge is 2.38. The lowest BCUT2D eigenvalue weighted by atomic mass is 9.86. The van der Waals surface area contributed by atoms with Crippen LogP contribution in [0.5, 0.6) is 0 Å². The number of ether oxygens (including phenoxy) is 2. The lowest BCUT2D eigenvalue weighted by Crippen LogP contribution is -2.52. The van der Waals surface area contributed by atoms with Gasteiger partial charge in [0.05, 0.1) is 29.5 Å². The predicted octanol–water partition coefficient (Wildman–Crippen LogP) is 3.31. The molecule has 7 heteroatoms. The van der Waals surface area contributed by atoms with Gasteiger partial charge in [0.15, 0.2) is 12.1 Å². The summed E-state index contributed by atoms with van der Waals surface area (Å²) in [5.74, 6) is -0.617. The van der Waals surface area contributed by atoms with Crippen LogP contribution in [0.2, 0.25) is 0 Å². The molecular weight excluding hydrogens is 398 g/mol. The van der Waals surface area contributed by atoms with Crippen molar-refractivity contribution in [2.24, 2.45) is 11.7 Å². The van der Waals surface area contributed by atoms with Crippen LogP contribution in [0.1, 0.15) is 68.2 Å². The van der Waals surface area contributed by atoms with E-state index in [9.17, 15) is 20.1 Å². The SMILES string of the molecule is C/C=C\C(=O)C(=C(C)C)/C(O)=C(\C(C)C)C(CC(C)(C)O)OC1CC(N)C(O)C(C)O1. The van der Waals surface area contributed by atoms with E-state index in [0.717, 1.165) is 0 Å². The monoisotopic (exact) mass is 439 g/mol. The van der Waals surface area contributed by atoms with E-state index in [1.54, 1.807) is 47.6 Å². The molecule has 1 heterocycles. The number of nitrogens with two attached hydrogens (primary N) is 1. The van der Waals surface area contributed by atoms with Gasteiger partial charge in [-0.05, 0) is 53.5 Å². The summed E-state index contributed by atoms with van der Waals surface area (Å²) in [5.41, 5.74) is 6.33. The van der Waals surface area contributed by atoms with E-state index >= 15 is 0 Å². The van der Waals surface area contributed by atoms with Crippen LogP contribution in [0.4, 0.5) is 0 Å². The maximum Gasteiger partial charge on any atom is 0.189 e. The van der Waals surface area contributed by atoms with E-state index in [4.69, 9.17) is 15.2 Å². The number of rotatable bonds is 9. The smallest absolute Gasteiger partial charge is 0.189 e. The fourth-order valence-corrected chi connectivity index (χ4v) is 3.82. The number of carbonyl (C=O) groups excluding carboxylic acids is 1. The van der Waals surface area contributed by atoms with E-state index in [2.05, 4.69) is 0 Å². The van der Waals surface area contributed by atoms with Gasteiger partial charge in [-0.25, -0.2) is 0 Å². The summed E-state index contributed by atoms with van der Waals surface area (Å²) >= 11 is 0. The summed E-state index contributed by atoms with van der Waals surface area (Å²) in [6.45, 7) is 14.1. The van der Waals surface area contributed by atoms with Crippen molar-refractivity contribution in [2.45, 2.75) is 104 Å². The number of carbonyl (C=O) groups is 1. The quantitative estimate of drug-likeness (QED) is 0.247. The van der Waals surface area contributed by atoms with Crippen molar-refractivity contribution in [3.05, 3.63) is 34.6 Å². The van der Waals surface area contributed by atoms with Crippen molar-refractivity contribution in [1.82, 2.24) is 0 Å². The molecule has 0 aliphatic carbocycles. The third-order valence-corrected chi connectivity index (χ3v) is 5.30. The van der Waals surface area contributed by atoms with Gasteiger partial charge >= 0.3 is 0 Å². The Morgan fingerprint density at radius 3 is 2.32 bits per heavy atom. The number of ketones is 1. The average molecular weight is 440 g/mol. The molecule has 0 radical (unpaired) electrons. The molecule has 0 spiro atoms. The summed E-state index contributed by atoms with van der Waals surface area (Å²) in [5, 5.41) is 31.9. The lowest BCUT2D eigenvalue weighted by molar-refractivity contribution is -0.239. The number of allylic oxidation sites excluding steroid dienone is 4. The minimum Gasteiger partial charge on any atom is -0.507 e. The Hall–Kier alpha value is -1.51. The first-order valence-corrected chi connectivity index (χ1v) is 10.9. The van der Waals surface area contributed by atoms with Gasteiger partial charge in [0.2, 0.25) is 0 Å². The first-order valence-electron chi connectivity index (χ1n) is 10.9. The molecule has 1 aliphatic heterocycles. The number of aliphatic hydroxyl groups excluding tert-OH is 2. The fraction of sp³-hybridized carbons (Fsp3) is 0.708. The Labute approximate surface area is 186 Å². The lowest BCUT2D eigenvalue weighted by Gasteiger charge is -2.39. The summed E-state index contributed by atoms with van der Waals surface area (Å²) < 4.78 is 12.0. The number of hydrogen-bond donors (Lipinski definition) is 4. The Bertz CT molecular complexity index is 700. The molecule has 1 saturated heterocycles. The fourth-order valence-electron chi connectivity index (χ4n) is 3.82. The minimum atomic E-state index is -1.11. The summed E-state index contributed by atoms with van der Waals surface area (Å²) in [6, 6.07) is -0.513. The maximum atomic E-state index is 12.7. The van der Waals surface area contributed by atoms with Gasteiger partial charge in [-0.3, -0.25) is 4.79 Å². The van der Waals surface area contributed by atoms with Gasteiger partial charge in [0, 0.05) is 24.5 Å². The van der Waals surface area contributed by atoms with E-state index in [1.165, 1.54) is 6.08 Å². The molecule has 0 aromatic rings. The highest BCUT2D eigenvalue weighted by molar-refractivity contribution is 6.07. The second kappa shape index (κ2) is 11.4. The Morgan fingerprint density at radius 1 is 1.32 bits per heavy atom. The molecule has 0 bridgehead atoms. The van der Waals surface area contributed by atoms with Crippen LogP contribution < -0.4 is 5.73 Å². The van der Waals surface area contributed by atoms with Gasteiger partial charge in [0.1, 0.15) is 5.76 Å². The van der Waals surface area contributed by atoms with Crippen LogP contribution in [0.25, 0.3) is 0 Å². The standard InChI is InChI=1S/C24H41NO6/c1-9-10-17(26)20(13(2)3)23(28)21(14(4)5)18(12-24(7,8)29)31-19-11-16(25)22(27)15(6)30-19/h9-10,14-16,18-19,22,27-29H,11-12,25H2,1-8H3/b10-9-,23-21-. The molecule has 7 nitrogen and oxygen atoms in total. The second-order valence-corrected chi connectivity index (χ2v) is 9.50. The number of aliphatic hydroxyl groups is 3. The van der Waals surface area contributed by atoms with Crippen LogP contribution in [0, 0.1) is 5.92 Å². The van der Waals surface area contributed by atoms with E-state index < -0.39 is 36.2 Å². The minimum absolute atomic E-state index is 0.138. The van der Waals surface area contributed by atoms with Gasteiger partial charge in [-0.2, -0.15) is 0 Å². The Morgan fingerprint density at radius 2 is 1.90 bits per heavy atom. The largest absolute Gasteiger partial charge is 0.507 e. The topological polar surface area (TPSA) is 122 Å². The summed E-state index contributed by atoms with van der Waals surface area (Å²) in [7, 11) is 0. The first-order chi connectivity index (χ1) is 14.2. The predicted molar refractivity (Wildman–Crippen MR) is 121 cm³/mol. The normalized spacial score (nSPS) is 26.7. The van der Waals surface area contributed by atoms with Crippen molar-refractivity contribution in [2.75, 3.05) is 0 Å². The molecule has 0 amide bonds. The van der Waals surface area contributed by atoms with Crippen LogP contribution >= 0.6 is 0 Å². The third kappa shape index (κ3) is 7.84. The third-order valence-electron chi connectivity index (χ3n) is 5.30. The zero-order valence-corrected chi connectivity index (χ0v) is 20.2. The number of hydrogen-bond acceptors (Lipinski definition) is 7. The molecule has 5 N–H and O–H groups in total. The molecule has 0 aromatic heterocycles. The molecular formula is C24H41NO6. The van der Waals surface area contributed by atoms with Gasteiger partial charge in [0.25, 0.3) is 0 Å². The van der Waals surface area contributed by atoms with Crippen LogP contribution in [-0.4, -0.2) is 57.3 Å². The van der Waals surface area contributed by atoms with E-state index in [-0.39, 0.29) is 35.9 Å². The van der Waals surface area contributed by atoms with Gasteiger partial charge < -0.3 is 30.5 Å². The summed E-state index contributed by atoms with van der Waals surface area (Å²) in [4.78, 5) is 12.7. The average Bonchev–Trinajstić information content (AvgIpc) is 2.57.